The van der Waals surface area contributed by atoms with Crippen LogP contribution in [-0.4, -0.2) is 46.4 Å². The molecule has 0 amide bonds. The van der Waals surface area contributed by atoms with Crippen LogP contribution in [0, 0.1) is 0 Å². The lowest BCUT2D eigenvalue weighted by Crippen LogP contribution is -3.15. The first-order valence-corrected chi connectivity index (χ1v) is 11.7. The molecule has 1 N–H and O–H groups in total. The van der Waals surface area contributed by atoms with Crippen molar-refractivity contribution >= 4 is 17.0 Å². The highest BCUT2D eigenvalue weighted by atomic mass is 32.1. The minimum atomic E-state index is 0.227. The van der Waals surface area contributed by atoms with Gasteiger partial charge >= 0.3 is 0 Å². The normalized spacial score (nSPS) is 20.1. The highest BCUT2D eigenvalue weighted by Crippen LogP contribution is 2.31. The minimum absolute atomic E-state index is 0.227. The van der Waals surface area contributed by atoms with Crippen LogP contribution in [0.15, 0.2) is 47.8 Å². The van der Waals surface area contributed by atoms with Gasteiger partial charge in [-0.05, 0) is 46.8 Å². The summed E-state index contributed by atoms with van der Waals surface area (Å²) in [7, 11) is 0. The average Bonchev–Trinajstić information content (AvgIpc) is 3.49. The number of para-hydroxylation sites is 1. The predicted molar refractivity (Wildman–Crippen MR) is 115 cm³/mol. The Kier molecular flexibility index (Phi) is 5.58. The number of nitrogens with one attached hydrogen (secondary N) is 1. The molecule has 3 heterocycles. The van der Waals surface area contributed by atoms with E-state index in [0.717, 1.165) is 32.0 Å². The van der Waals surface area contributed by atoms with Crippen LogP contribution in [0.4, 0.5) is 5.69 Å². The summed E-state index contributed by atoms with van der Waals surface area (Å²) in [6.45, 7) is 4.31. The molecular weight excluding hydrogens is 380 g/mol. The highest BCUT2D eigenvalue weighted by Gasteiger charge is 2.36. The third-order valence-electron chi connectivity index (χ3n) is 6.46. The van der Waals surface area contributed by atoms with E-state index in [-0.39, 0.29) is 6.04 Å². The van der Waals surface area contributed by atoms with Crippen molar-refractivity contribution in [1.82, 2.24) is 20.2 Å². The molecule has 5 rings (SSSR count). The number of thiophene rings is 1. The molecule has 0 radical (unpaired) electrons. The zero-order valence-corrected chi connectivity index (χ0v) is 17.6. The number of piperazine rings is 1. The van der Waals surface area contributed by atoms with Gasteiger partial charge in [-0.15, -0.1) is 16.4 Å². The first-order valence-electron chi connectivity index (χ1n) is 10.9. The topological polar surface area (TPSA) is 51.3 Å². The number of anilines is 1. The van der Waals surface area contributed by atoms with Gasteiger partial charge in [0.2, 0.25) is 5.82 Å². The van der Waals surface area contributed by atoms with Crippen LogP contribution < -0.4 is 9.80 Å². The quantitative estimate of drug-likeness (QED) is 0.704. The first kappa shape index (κ1) is 18.8. The maximum atomic E-state index is 4.57. The molecule has 1 saturated carbocycles. The van der Waals surface area contributed by atoms with Crippen molar-refractivity contribution in [2.75, 3.05) is 31.1 Å². The van der Waals surface area contributed by atoms with E-state index in [9.17, 15) is 0 Å². The molecule has 2 aliphatic rings. The molecule has 3 aromatic rings. The molecule has 0 spiro atoms. The van der Waals surface area contributed by atoms with Crippen molar-refractivity contribution in [3.8, 4) is 0 Å². The highest BCUT2D eigenvalue weighted by molar-refractivity contribution is 7.10. The van der Waals surface area contributed by atoms with Crippen LogP contribution in [-0.2, 0) is 0 Å². The van der Waals surface area contributed by atoms with Gasteiger partial charge in [-0.25, -0.2) is 4.68 Å². The monoisotopic (exact) mass is 409 g/mol. The van der Waals surface area contributed by atoms with Crippen LogP contribution >= 0.6 is 11.3 Å². The number of hydrogen-bond donors (Lipinski definition) is 1. The third kappa shape index (κ3) is 3.94. The van der Waals surface area contributed by atoms with Crippen molar-refractivity contribution in [3.63, 3.8) is 0 Å². The molecule has 152 valence electrons. The molecule has 2 fully saturated rings. The number of hydrogen-bond acceptors (Lipinski definition) is 5. The lowest BCUT2D eigenvalue weighted by atomic mass is 9.95. The van der Waals surface area contributed by atoms with Crippen molar-refractivity contribution in [1.29, 1.82) is 0 Å². The number of tetrazole rings is 1. The van der Waals surface area contributed by atoms with Gasteiger partial charge < -0.3 is 9.80 Å². The number of rotatable bonds is 5. The SMILES string of the molecule is c1ccc(N2CC[NH+]([C@@H](c3cccs3)c3nnnn3C3CCCCC3)CC2)cc1. The van der Waals surface area contributed by atoms with Crippen molar-refractivity contribution in [2.24, 2.45) is 0 Å². The molecule has 1 aliphatic heterocycles. The van der Waals surface area contributed by atoms with E-state index < -0.39 is 0 Å². The van der Waals surface area contributed by atoms with Gasteiger partial charge in [0.25, 0.3) is 0 Å². The van der Waals surface area contributed by atoms with Gasteiger partial charge in [-0.1, -0.05) is 43.5 Å². The Morgan fingerprint density at radius 3 is 2.48 bits per heavy atom. The fourth-order valence-corrected chi connectivity index (χ4v) is 5.80. The predicted octanol–water partition coefficient (Wildman–Crippen LogP) is 2.73. The van der Waals surface area contributed by atoms with E-state index in [4.69, 9.17) is 0 Å². The lowest BCUT2D eigenvalue weighted by Gasteiger charge is -2.37. The Labute approximate surface area is 176 Å². The summed E-state index contributed by atoms with van der Waals surface area (Å²) in [5, 5.41) is 15.3. The summed E-state index contributed by atoms with van der Waals surface area (Å²) in [4.78, 5) is 5.45. The van der Waals surface area contributed by atoms with Crippen LogP contribution in [0.1, 0.15) is 54.9 Å². The largest absolute Gasteiger partial charge is 0.360 e. The van der Waals surface area contributed by atoms with Gasteiger partial charge in [0, 0.05) is 5.69 Å². The second-order valence-corrected chi connectivity index (χ2v) is 9.18. The number of aromatic nitrogens is 4. The Balaban J connectivity index is 1.39. The fraction of sp³-hybridized carbons (Fsp3) is 0.500. The van der Waals surface area contributed by atoms with E-state index in [0.29, 0.717) is 6.04 Å². The van der Waals surface area contributed by atoms with E-state index in [1.54, 1.807) is 4.90 Å². The standard InChI is InChI=1S/C22H28N6S/c1-3-8-18(9-4-1)26-13-15-27(16-14-26)21(20-12-7-17-29-20)22-23-24-25-28(22)19-10-5-2-6-11-19/h1,3-4,7-9,12,17,19,21H,2,5-6,10-11,13-16H2/p+1/t21-/m0/s1. The number of quaternary nitrogens is 1. The van der Waals surface area contributed by atoms with Crippen molar-refractivity contribution in [2.45, 2.75) is 44.2 Å². The fourth-order valence-electron chi connectivity index (χ4n) is 4.92. The molecule has 1 aromatic carbocycles. The first-order chi connectivity index (χ1) is 14.4. The Morgan fingerprint density at radius 2 is 1.76 bits per heavy atom. The van der Waals surface area contributed by atoms with Crippen LogP contribution in [0.3, 0.4) is 0 Å². The van der Waals surface area contributed by atoms with Gasteiger partial charge in [0.05, 0.1) is 37.1 Å². The second-order valence-electron chi connectivity index (χ2n) is 8.20. The average molecular weight is 410 g/mol. The van der Waals surface area contributed by atoms with Crippen LogP contribution in [0.5, 0.6) is 0 Å². The number of nitrogens with zero attached hydrogens (tertiary/aromatic N) is 5. The van der Waals surface area contributed by atoms with E-state index in [1.807, 2.05) is 11.3 Å². The lowest BCUT2D eigenvalue weighted by molar-refractivity contribution is -0.926. The summed E-state index contributed by atoms with van der Waals surface area (Å²) >= 11 is 1.83. The Bertz CT molecular complexity index is 879. The second kappa shape index (κ2) is 8.63. The zero-order valence-electron chi connectivity index (χ0n) is 16.8. The number of benzene rings is 1. The van der Waals surface area contributed by atoms with Crippen molar-refractivity contribution in [3.05, 3.63) is 58.5 Å². The van der Waals surface area contributed by atoms with E-state index in [2.05, 4.69) is 73.0 Å². The molecular formula is C22H29N6S+. The zero-order chi connectivity index (χ0) is 19.5. The summed E-state index contributed by atoms with van der Waals surface area (Å²) in [5.74, 6) is 1.06. The molecule has 2 aromatic heterocycles. The molecule has 0 bridgehead atoms. The van der Waals surface area contributed by atoms with Crippen LogP contribution in [0.25, 0.3) is 0 Å². The summed E-state index contributed by atoms with van der Waals surface area (Å²) in [5.41, 5.74) is 1.33. The molecule has 6 nitrogen and oxygen atoms in total. The summed E-state index contributed by atoms with van der Waals surface area (Å²) < 4.78 is 2.17. The Hall–Kier alpha value is -2.25. The Morgan fingerprint density at radius 1 is 0.966 bits per heavy atom. The molecule has 1 aliphatic carbocycles. The molecule has 29 heavy (non-hydrogen) atoms. The molecule has 0 unspecified atom stereocenters. The van der Waals surface area contributed by atoms with Gasteiger partial charge in [0.1, 0.15) is 0 Å². The molecule has 1 atom stereocenters. The van der Waals surface area contributed by atoms with Crippen LogP contribution in [0.2, 0.25) is 0 Å². The van der Waals surface area contributed by atoms with E-state index in [1.165, 1.54) is 42.7 Å². The van der Waals surface area contributed by atoms with Crippen molar-refractivity contribution < 1.29 is 4.90 Å². The van der Waals surface area contributed by atoms with Gasteiger partial charge in [-0.3, -0.25) is 0 Å². The molecule has 7 heteroatoms. The maximum absolute atomic E-state index is 4.57. The summed E-state index contributed by atoms with van der Waals surface area (Å²) in [6.07, 6.45) is 6.32. The van der Waals surface area contributed by atoms with E-state index >= 15 is 0 Å². The molecule has 1 saturated heterocycles. The maximum Gasteiger partial charge on any atom is 0.215 e. The smallest absolute Gasteiger partial charge is 0.215 e. The van der Waals surface area contributed by atoms with Gasteiger partial charge in [0.15, 0.2) is 6.04 Å². The minimum Gasteiger partial charge on any atom is -0.360 e. The van der Waals surface area contributed by atoms with Gasteiger partial charge in [-0.2, -0.15) is 0 Å². The third-order valence-corrected chi connectivity index (χ3v) is 7.40. The summed E-state index contributed by atoms with van der Waals surface area (Å²) in [6, 6.07) is 15.9.